The van der Waals surface area contributed by atoms with Crippen LogP contribution < -0.4 is 16.4 Å². The average molecular weight is 1110 g/mol. The molecule has 0 aliphatic carbocycles. The summed E-state index contributed by atoms with van der Waals surface area (Å²) in [6, 6.07) is 0. The zero-order chi connectivity index (χ0) is 53.4. The van der Waals surface area contributed by atoms with Gasteiger partial charge in [-0.1, -0.05) is 148 Å². The van der Waals surface area contributed by atoms with E-state index in [1.165, 1.54) is 104 Å². The van der Waals surface area contributed by atoms with Crippen LogP contribution in [0.5, 0.6) is 0 Å². The summed E-state index contributed by atoms with van der Waals surface area (Å²) in [4.78, 5) is 88.6. The highest BCUT2D eigenvalue weighted by molar-refractivity contribution is 8.13. The molecule has 72 heavy (non-hydrogen) atoms. The number of aromatic nitrogens is 4. The summed E-state index contributed by atoms with van der Waals surface area (Å²) in [6.45, 7) is 2.61. The van der Waals surface area contributed by atoms with Gasteiger partial charge in [-0.15, -0.1) is 0 Å². The minimum Gasteiger partial charge on any atom is -0.386 e. The second kappa shape index (κ2) is 32.2. The molecule has 2 amide bonds. The summed E-state index contributed by atoms with van der Waals surface area (Å²) in [7, 11) is -16.4. The van der Waals surface area contributed by atoms with Crippen molar-refractivity contribution in [2.75, 3.05) is 37.8 Å². The summed E-state index contributed by atoms with van der Waals surface area (Å²) in [6.07, 6.45) is 14.9. The molecule has 1 aliphatic rings. The van der Waals surface area contributed by atoms with E-state index in [2.05, 4.69) is 41.3 Å². The van der Waals surface area contributed by atoms with Crippen LogP contribution in [-0.4, -0.2) is 134 Å². The van der Waals surface area contributed by atoms with Crippen LogP contribution in [0.1, 0.15) is 155 Å². The standard InChI is InChI=1S/C43H78N7O18P3S/c1-4-5-6-7-8-9-10-11-12-13-14-15-16-17-18-19-20-21-22-31(51)42(56)72-26-25-45-33(52)23-24-46-40(55)37(54)43(2,3)28-65-71(62,63)68-70(60,61)64-27-32-36(67-69(57,58)59)35(53)41(66-32)50-30-49-34-38(44)47-29-48-39(34)50/h29-32,35-37,41,51,53-54H,4-28H2,1-3H3,(H,45,52)(H,46,55)(H,60,61)(H,62,63)(H2,44,47,48)(H2,57,58,59). The Hall–Kier alpha value is -2.48. The SMILES string of the molecule is CCCCCCCCCCCCCCCCCCCCC(O)C(=O)SCCNC(=O)CCNC(=O)C(O)C(C)(C)COP(=O)(O)OP(=O)(O)OCC1OC(n2cnc3c(N)ncnc32)C(O)C1OP(=O)(O)O. The number of ether oxygens (including phenoxy) is 1. The van der Waals surface area contributed by atoms with E-state index >= 15 is 0 Å². The molecule has 1 saturated heterocycles. The summed E-state index contributed by atoms with van der Waals surface area (Å²) < 4.78 is 62.5. The highest BCUT2D eigenvalue weighted by Crippen LogP contribution is 2.61. The number of hydrogen-bond acceptors (Lipinski definition) is 19. The van der Waals surface area contributed by atoms with Crippen molar-refractivity contribution in [3.8, 4) is 0 Å². The summed E-state index contributed by atoms with van der Waals surface area (Å²) in [5, 5.41) is 36.5. The van der Waals surface area contributed by atoms with E-state index < -0.39 is 90.7 Å². The number of rotatable bonds is 39. The maximum absolute atomic E-state index is 12.8. The Labute approximate surface area is 425 Å². The molecular weight excluding hydrogens is 1030 g/mol. The van der Waals surface area contributed by atoms with Crippen LogP contribution >= 0.6 is 35.2 Å². The Morgan fingerprint density at radius 1 is 0.819 bits per heavy atom. The van der Waals surface area contributed by atoms with Gasteiger partial charge in [0.15, 0.2) is 17.7 Å². The third-order valence-corrected chi connectivity index (χ3v) is 15.9. The molecule has 29 heteroatoms. The molecule has 8 unspecified atom stereocenters. The molecule has 11 N–H and O–H groups in total. The van der Waals surface area contributed by atoms with Gasteiger partial charge in [0.1, 0.15) is 42.4 Å². The van der Waals surface area contributed by atoms with Gasteiger partial charge in [0.2, 0.25) is 16.9 Å². The smallest absolute Gasteiger partial charge is 0.386 e. The number of imidazole rings is 1. The van der Waals surface area contributed by atoms with Crippen LogP contribution in [0.4, 0.5) is 5.82 Å². The van der Waals surface area contributed by atoms with Crippen LogP contribution in [-0.2, 0) is 50.7 Å². The number of anilines is 1. The lowest BCUT2D eigenvalue weighted by Crippen LogP contribution is -2.46. The first-order chi connectivity index (χ1) is 34.0. The number of phosphoric acid groups is 3. The molecule has 25 nitrogen and oxygen atoms in total. The van der Waals surface area contributed by atoms with Gasteiger partial charge >= 0.3 is 23.5 Å². The zero-order valence-corrected chi connectivity index (χ0v) is 45.0. The van der Waals surface area contributed by atoms with Crippen LogP contribution in [0.15, 0.2) is 12.7 Å². The van der Waals surface area contributed by atoms with Crippen LogP contribution in [0.2, 0.25) is 0 Å². The lowest BCUT2D eigenvalue weighted by molar-refractivity contribution is -0.137. The third-order valence-electron chi connectivity index (χ3n) is 11.8. The van der Waals surface area contributed by atoms with Gasteiger partial charge in [0.05, 0.1) is 19.5 Å². The first-order valence-corrected chi connectivity index (χ1v) is 30.2. The number of phosphoric ester groups is 3. The molecule has 1 fully saturated rings. The van der Waals surface area contributed by atoms with Gasteiger partial charge in [-0.05, 0) is 6.42 Å². The highest BCUT2D eigenvalue weighted by atomic mass is 32.2. The topological polar surface area (TPSA) is 384 Å². The minimum atomic E-state index is -5.59. The highest BCUT2D eigenvalue weighted by Gasteiger charge is 2.50. The van der Waals surface area contributed by atoms with Crippen LogP contribution in [0, 0.1) is 5.41 Å². The van der Waals surface area contributed by atoms with E-state index in [9.17, 15) is 63.0 Å². The van der Waals surface area contributed by atoms with Gasteiger partial charge in [0, 0.05) is 30.7 Å². The Bertz CT molecular complexity index is 2100. The fourth-order valence-electron chi connectivity index (χ4n) is 7.74. The Morgan fingerprint density at radius 3 is 1.94 bits per heavy atom. The van der Waals surface area contributed by atoms with Crippen molar-refractivity contribution in [2.24, 2.45) is 5.41 Å². The maximum atomic E-state index is 12.8. The van der Waals surface area contributed by atoms with Gasteiger partial charge < -0.3 is 56.0 Å². The number of amides is 2. The molecule has 8 atom stereocenters. The number of carbonyl (C=O) groups is 3. The molecule has 0 spiro atoms. The number of carbonyl (C=O) groups excluding carboxylic acids is 3. The van der Waals surface area contributed by atoms with Crippen molar-refractivity contribution in [3.05, 3.63) is 12.7 Å². The minimum absolute atomic E-state index is 0.0283. The third kappa shape index (κ3) is 24.0. The number of unbranched alkanes of at least 4 members (excludes halogenated alkanes) is 17. The van der Waals surface area contributed by atoms with Crippen LogP contribution in [0.25, 0.3) is 11.2 Å². The fraction of sp³-hybridized carbons (Fsp3) is 0.814. The first-order valence-electron chi connectivity index (χ1n) is 24.7. The van der Waals surface area contributed by atoms with Gasteiger partial charge in [-0.25, -0.2) is 28.6 Å². The number of nitrogens with one attached hydrogen (secondary N) is 2. The number of fused-ring (bicyclic) bond motifs is 1. The molecule has 2 aromatic rings. The predicted octanol–water partition coefficient (Wildman–Crippen LogP) is 5.46. The molecule has 414 valence electrons. The molecule has 2 aromatic heterocycles. The fourth-order valence-corrected chi connectivity index (χ4v) is 11.3. The van der Waals surface area contributed by atoms with E-state index in [4.69, 9.17) is 19.5 Å². The lowest BCUT2D eigenvalue weighted by atomic mass is 9.87. The van der Waals surface area contributed by atoms with Crippen molar-refractivity contribution in [1.29, 1.82) is 0 Å². The number of hydrogen-bond donors (Lipinski definition) is 10. The number of aliphatic hydroxyl groups is 3. The number of nitrogens with two attached hydrogens (primary N) is 1. The monoisotopic (exact) mass is 1110 g/mol. The molecule has 0 aromatic carbocycles. The quantitative estimate of drug-likeness (QED) is 0.0293. The number of thioether (sulfide) groups is 1. The summed E-state index contributed by atoms with van der Waals surface area (Å²) >= 11 is 0.918. The Balaban J connectivity index is 1.26. The normalized spacial score (nSPS) is 20.0. The largest absolute Gasteiger partial charge is 0.481 e. The van der Waals surface area contributed by atoms with Crippen molar-refractivity contribution in [3.63, 3.8) is 0 Å². The van der Waals surface area contributed by atoms with E-state index in [1.807, 2.05) is 0 Å². The second-order valence-electron chi connectivity index (χ2n) is 18.6. The molecular formula is C43H78N7O18P3S. The number of nitrogen functional groups attached to an aromatic ring is 1. The van der Waals surface area contributed by atoms with E-state index in [0.717, 1.165) is 54.7 Å². The van der Waals surface area contributed by atoms with Crippen LogP contribution in [0.3, 0.4) is 0 Å². The Kier molecular flexibility index (Phi) is 28.5. The molecule has 1 aliphatic heterocycles. The lowest BCUT2D eigenvalue weighted by Gasteiger charge is -2.30. The van der Waals surface area contributed by atoms with E-state index in [-0.39, 0.29) is 47.4 Å². The molecule has 0 bridgehead atoms. The van der Waals surface area contributed by atoms with Crippen molar-refractivity contribution < 1.29 is 85.6 Å². The molecule has 0 saturated carbocycles. The van der Waals surface area contributed by atoms with Crippen molar-refractivity contribution in [1.82, 2.24) is 30.2 Å². The van der Waals surface area contributed by atoms with Crippen molar-refractivity contribution >= 4 is 69.1 Å². The van der Waals surface area contributed by atoms with Gasteiger partial charge in [0.25, 0.3) is 0 Å². The number of aliphatic hydroxyl groups excluding tert-OH is 3. The zero-order valence-electron chi connectivity index (χ0n) is 41.5. The van der Waals surface area contributed by atoms with Crippen molar-refractivity contribution in [2.45, 2.75) is 186 Å². The van der Waals surface area contributed by atoms with E-state index in [1.54, 1.807) is 0 Å². The Morgan fingerprint density at radius 2 is 1.38 bits per heavy atom. The maximum Gasteiger partial charge on any atom is 0.481 e. The summed E-state index contributed by atoms with van der Waals surface area (Å²) in [5.41, 5.74) is 4.26. The molecule has 0 radical (unpaired) electrons. The number of nitrogens with zero attached hydrogens (tertiary/aromatic N) is 4. The van der Waals surface area contributed by atoms with E-state index in [0.29, 0.717) is 6.42 Å². The van der Waals surface area contributed by atoms with Gasteiger partial charge in [-0.3, -0.25) is 32.5 Å². The summed E-state index contributed by atoms with van der Waals surface area (Å²) in [5.74, 6) is -1.28. The second-order valence-corrected chi connectivity index (χ2v) is 23.9. The predicted molar refractivity (Wildman–Crippen MR) is 267 cm³/mol. The molecule has 3 rings (SSSR count). The average Bonchev–Trinajstić information content (AvgIpc) is 3.87. The first kappa shape index (κ1) is 63.8. The molecule has 3 heterocycles. The van der Waals surface area contributed by atoms with Gasteiger partial charge in [-0.2, -0.15) is 4.31 Å².